The molecule has 0 bridgehead atoms. The third-order valence-electron chi connectivity index (χ3n) is 1.01. The number of unbranched alkanes of at least 4 members (excludes halogenated alkanes) is 1. The summed E-state index contributed by atoms with van der Waals surface area (Å²) in [4.78, 5) is 10.9. The number of carbonyl (C=O) groups is 1. The molecule has 1 radical (unpaired) electrons. The summed E-state index contributed by atoms with van der Waals surface area (Å²) in [7, 11) is 0. The van der Waals surface area contributed by atoms with Crippen molar-refractivity contribution >= 4 is 5.97 Å². The van der Waals surface area contributed by atoms with Crippen molar-refractivity contribution in [1.82, 2.24) is 0 Å². The van der Waals surface area contributed by atoms with Crippen LogP contribution >= 0.6 is 0 Å². The lowest BCUT2D eigenvalue weighted by Crippen LogP contribution is -2.23. The molecule has 2 heteroatoms. The van der Waals surface area contributed by atoms with Crippen molar-refractivity contribution in [2.24, 2.45) is 0 Å². The van der Waals surface area contributed by atoms with Crippen LogP contribution < -0.4 is 0 Å². The molecule has 2 nitrogen and oxygen atoms in total. The van der Waals surface area contributed by atoms with Crippen molar-refractivity contribution in [2.75, 3.05) is 0 Å². The van der Waals surface area contributed by atoms with Gasteiger partial charge in [0.25, 0.3) is 0 Å². The van der Waals surface area contributed by atoms with Crippen LogP contribution in [0, 0.1) is 6.42 Å². The van der Waals surface area contributed by atoms with Gasteiger partial charge in [0.2, 0.25) is 0 Å². The van der Waals surface area contributed by atoms with Crippen molar-refractivity contribution < 1.29 is 9.53 Å². The lowest BCUT2D eigenvalue weighted by Gasteiger charge is -2.19. The molecule has 0 fully saturated rings. The van der Waals surface area contributed by atoms with E-state index in [0.717, 1.165) is 12.8 Å². The first-order valence-electron chi connectivity index (χ1n) is 4.02. The van der Waals surface area contributed by atoms with E-state index in [9.17, 15) is 4.79 Å². The zero-order valence-electron chi connectivity index (χ0n) is 7.81. The molecule has 0 atom stereocenters. The Labute approximate surface area is 68.9 Å². The maximum Gasteiger partial charge on any atom is 0.310 e. The van der Waals surface area contributed by atoms with E-state index in [4.69, 9.17) is 4.74 Å². The van der Waals surface area contributed by atoms with Gasteiger partial charge in [-0.25, -0.2) is 0 Å². The fourth-order valence-corrected chi connectivity index (χ4v) is 0.606. The second-order valence-corrected chi connectivity index (χ2v) is 3.53. The molecule has 0 aliphatic heterocycles. The monoisotopic (exact) mass is 157 g/mol. The SMILES string of the molecule is CCC[CH]C(=O)OC(C)(C)C. The van der Waals surface area contributed by atoms with Crippen molar-refractivity contribution in [1.29, 1.82) is 0 Å². The van der Waals surface area contributed by atoms with Gasteiger partial charge in [0, 0.05) is 0 Å². The maximum absolute atomic E-state index is 10.9. The normalized spacial score (nSPS) is 11.3. The molecule has 0 saturated carbocycles. The highest BCUT2D eigenvalue weighted by Crippen LogP contribution is 2.08. The maximum atomic E-state index is 10.9. The summed E-state index contributed by atoms with van der Waals surface area (Å²) in [6.45, 7) is 7.63. The third-order valence-corrected chi connectivity index (χ3v) is 1.01. The van der Waals surface area contributed by atoms with E-state index in [1.807, 2.05) is 27.7 Å². The highest BCUT2D eigenvalue weighted by atomic mass is 16.6. The average Bonchev–Trinajstić information content (AvgIpc) is 1.79. The van der Waals surface area contributed by atoms with Gasteiger partial charge < -0.3 is 4.74 Å². The van der Waals surface area contributed by atoms with E-state index in [1.165, 1.54) is 0 Å². The molecule has 0 aromatic carbocycles. The van der Waals surface area contributed by atoms with Crippen LogP contribution in [0.5, 0.6) is 0 Å². The van der Waals surface area contributed by atoms with Crippen LogP contribution in [0.2, 0.25) is 0 Å². The van der Waals surface area contributed by atoms with E-state index in [-0.39, 0.29) is 11.6 Å². The molecular weight excluding hydrogens is 140 g/mol. The molecule has 0 unspecified atom stereocenters. The van der Waals surface area contributed by atoms with Crippen molar-refractivity contribution in [3.63, 3.8) is 0 Å². The Morgan fingerprint density at radius 1 is 1.45 bits per heavy atom. The zero-order chi connectivity index (χ0) is 8.91. The van der Waals surface area contributed by atoms with Crippen LogP contribution in [0.15, 0.2) is 0 Å². The number of hydrogen-bond donors (Lipinski definition) is 0. The summed E-state index contributed by atoms with van der Waals surface area (Å²) in [5.41, 5.74) is -0.360. The molecule has 0 heterocycles. The number of hydrogen-bond acceptors (Lipinski definition) is 2. The van der Waals surface area contributed by atoms with Crippen molar-refractivity contribution in [3.05, 3.63) is 6.42 Å². The highest BCUT2D eigenvalue weighted by molar-refractivity contribution is 5.79. The first kappa shape index (κ1) is 10.5. The standard InChI is InChI=1S/C9H17O2/c1-5-6-7-8(10)11-9(2,3)4/h7H,5-6H2,1-4H3. The smallest absolute Gasteiger partial charge is 0.310 e. The molecule has 0 aliphatic rings. The number of rotatable bonds is 3. The second-order valence-electron chi connectivity index (χ2n) is 3.53. The van der Waals surface area contributed by atoms with Gasteiger partial charge in [0.15, 0.2) is 0 Å². The first-order valence-corrected chi connectivity index (χ1v) is 4.02. The Morgan fingerprint density at radius 3 is 2.36 bits per heavy atom. The fourth-order valence-electron chi connectivity index (χ4n) is 0.606. The van der Waals surface area contributed by atoms with Crippen LogP contribution in [-0.4, -0.2) is 11.6 Å². The average molecular weight is 157 g/mol. The molecule has 0 rings (SSSR count). The molecule has 0 saturated heterocycles. The predicted molar refractivity (Wildman–Crippen MR) is 45.1 cm³/mol. The number of carbonyl (C=O) groups excluding carboxylic acids is 1. The Kier molecular flexibility index (Phi) is 4.16. The van der Waals surface area contributed by atoms with Crippen LogP contribution in [0.1, 0.15) is 40.5 Å². The van der Waals surface area contributed by atoms with Gasteiger partial charge in [0.05, 0.1) is 6.42 Å². The summed E-state index contributed by atoms with van der Waals surface area (Å²) in [5.74, 6) is -0.209. The predicted octanol–water partition coefficient (Wildman–Crippen LogP) is 2.33. The molecule has 0 N–H and O–H groups in total. The van der Waals surface area contributed by atoms with Gasteiger partial charge in [-0.05, 0) is 27.2 Å². The van der Waals surface area contributed by atoms with E-state index in [0.29, 0.717) is 0 Å². The highest BCUT2D eigenvalue weighted by Gasteiger charge is 2.15. The lowest BCUT2D eigenvalue weighted by atomic mass is 10.2. The largest absolute Gasteiger partial charge is 0.460 e. The van der Waals surface area contributed by atoms with Crippen molar-refractivity contribution in [3.8, 4) is 0 Å². The summed E-state index contributed by atoms with van der Waals surface area (Å²) < 4.78 is 5.05. The molecular formula is C9H17O2. The first-order chi connectivity index (χ1) is 4.95. The van der Waals surface area contributed by atoms with Gasteiger partial charge >= 0.3 is 5.97 Å². The molecule has 0 spiro atoms. The van der Waals surface area contributed by atoms with Crippen LogP contribution in [0.4, 0.5) is 0 Å². The number of ether oxygens (including phenoxy) is 1. The minimum absolute atomic E-state index is 0.209. The molecule has 11 heavy (non-hydrogen) atoms. The summed E-state index contributed by atoms with van der Waals surface area (Å²) in [6, 6.07) is 0. The van der Waals surface area contributed by atoms with Gasteiger partial charge in [-0.15, -0.1) is 0 Å². The molecule has 0 aromatic rings. The van der Waals surface area contributed by atoms with Crippen LogP contribution in [0.25, 0.3) is 0 Å². The molecule has 0 amide bonds. The Hall–Kier alpha value is -0.530. The van der Waals surface area contributed by atoms with E-state index in [1.54, 1.807) is 6.42 Å². The topological polar surface area (TPSA) is 26.3 Å². The second kappa shape index (κ2) is 4.37. The molecule has 0 aliphatic carbocycles. The van der Waals surface area contributed by atoms with Gasteiger partial charge in [-0.2, -0.15) is 0 Å². The van der Waals surface area contributed by atoms with Gasteiger partial charge in [-0.3, -0.25) is 4.79 Å². The van der Waals surface area contributed by atoms with Crippen LogP contribution in [-0.2, 0) is 9.53 Å². The minimum atomic E-state index is -0.360. The molecule has 0 aromatic heterocycles. The summed E-state index contributed by atoms with van der Waals surface area (Å²) in [6.07, 6.45) is 3.37. The number of esters is 1. The minimum Gasteiger partial charge on any atom is -0.460 e. The molecule has 65 valence electrons. The summed E-state index contributed by atoms with van der Waals surface area (Å²) in [5, 5.41) is 0. The summed E-state index contributed by atoms with van der Waals surface area (Å²) >= 11 is 0. The van der Waals surface area contributed by atoms with Crippen LogP contribution in [0.3, 0.4) is 0 Å². The Balaban J connectivity index is 3.53. The van der Waals surface area contributed by atoms with E-state index < -0.39 is 0 Å². The quantitative estimate of drug-likeness (QED) is 0.588. The Bertz CT molecular complexity index is 122. The van der Waals surface area contributed by atoms with Gasteiger partial charge in [0.1, 0.15) is 5.60 Å². The third kappa shape index (κ3) is 7.37. The zero-order valence-corrected chi connectivity index (χ0v) is 7.81. The van der Waals surface area contributed by atoms with Crippen molar-refractivity contribution in [2.45, 2.75) is 46.1 Å². The van der Waals surface area contributed by atoms with E-state index >= 15 is 0 Å². The Morgan fingerprint density at radius 2 is 2.00 bits per heavy atom. The van der Waals surface area contributed by atoms with E-state index in [2.05, 4.69) is 0 Å². The fraction of sp³-hybridized carbons (Fsp3) is 0.778. The van der Waals surface area contributed by atoms with Gasteiger partial charge in [-0.1, -0.05) is 13.3 Å². The lowest BCUT2D eigenvalue weighted by molar-refractivity contribution is -0.150.